The van der Waals surface area contributed by atoms with E-state index in [1.807, 2.05) is 43.0 Å². The van der Waals surface area contributed by atoms with Crippen molar-refractivity contribution < 1.29 is 14.7 Å². The minimum absolute atomic E-state index is 0.0222. The van der Waals surface area contributed by atoms with Gasteiger partial charge in [-0.3, -0.25) is 9.69 Å². The molecule has 0 bridgehead atoms. The molecule has 5 nitrogen and oxygen atoms in total. The lowest BCUT2D eigenvalue weighted by Gasteiger charge is -2.30. The summed E-state index contributed by atoms with van der Waals surface area (Å²) in [6.45, 7) is 5.31. The van der Waals surface area contributed by atoms with Gasteiger partial charge in [0.1, 0.15) is 0 Å². The average molecular weight is 316 g/mol. The van der Waals surface area contributed by atoms with Gasteiger partial charge in [-0.25, -0.2) is 4.79 Å². The molecule has 0 atom stereocenters. The topological polar surface area (TPSA) is 60.9 Å². The highest BCUT2D eigenvalue weighted by molar-refractivity contribution is 5.97. The summed E-state index contributed by atoms with van der Waals surface area (Å²) in [6.07, 6.45) is 3.14. The molecule has 124 valence electrons. The summed E-state index contributed by atoms with van der Waals surface area (Å²) in [5.74, 6) is -0.769. The number of rotatable bonds is 4. The largest absolute Gasteiger partial charge is 0.481 e. The number of para-hydroxylation sites is 1. The fraction of sp³-hybridized carbons (Fsp3) is 0.556. The standard InChI is InChI=1S/C18H24N2O3/c1-13(2)19-11-12-20(17(19)23)15-8-4-3-7-14(15)18(16(21)22)9-5-6-10-18/h3-4,7-8,13H,5-6,9-12H2,1-2H3,(H,21,22). The normalized spacial score (nSPS) is 20.6. The molecule has 1 saturated carbocycles. The Balaban J connectivity index is 2.02. The molecule has 2 amide bonds. The Kier molecular flexibility index (Phi) is 4.04. The van der Waals surface area contributed by atoms with E-state index in [1.54, 1.807) is 4.90 Å². The zero-order chi connectivity index (χ0) is 16.6. The lowest BCUT2D eigenvalue weighted by Crippen LogP contribution is -2.39. The Morgan fingerprint density at radius 3 is 2.39 bits per heavy atom. The molecule has 1 aliphatic carbocycles. The lowest BCUT2D eigenvalue weighted by atomic mass is 9.78. The van der Waals surface area contributed by atoms with Crippen LogP contribution >= 0.6 is 0 Å². The summed E-state index contributed by atoms with van der Waals surface area (Å²) in [5.41, 5.74) is 0.719. The molecule has 0 unspecified atom stereocenters. The van der Waals surface area contributed by atoms with E-state index in [4.69, 9.17) is 0 Å². The molecule has 1 heterocycles. The fourth-order valence-corrected chi connectivity index (χ4v) is 3.95. The number of nitrogens with zero attached hydrogens (tertiary/aromatic N) is 2. The van der Waals surface area contributed by atoms with Crippen LogP contribution in [0.2, 0.25) is 0 Å². The highest BCUT2D eigenvalue weighted by atomic mass is 16.4. The van der Waals surface area contributed by atoms with Crippen LogP contribution in [0.1, 0.15) is 45.1 Å². The third kappa shape index (κ3) is 2.48. The Labute approximate surface area is 136 Å². The second-order valence-electron chi connectivity index (χ2n) is 6.83. The third-order valence-electron chi connectivity index (χ3n) is 5.24. The minimum Gasteiger partial charge on any atom is -0.481 e. The highest BCUT2D eigenvalue weighted by Crippen LogP contribution is 2.45. The second kappa shape index (κ2) is 5.87. The van der Waals surface area contributed by atoms with Crippen molar-refractivity contribution in [1.29, 1.82) is 0 Å². The van der Waals surface area contributed by atoms with Crippen LogP contribution in [0.5, 0.6) is 0 Å². The number of hydrogen-bond donors (Lipinski definition) is 1. The first-order chi connectivity index (χ1) is 11.0. The predicted molar refractivity (Wildman–Crippen MR) is 88.8 cm³/mol. The monoisotopic (exact) mass is 316 g/mol. The number of carbonyl (C=O) groups excluding carboxylic acids is 1. The maximum Gasteiger partial charge on any atom is 0.324 e. The molecular weight excluding hydrogens is 292 g/mol. The maximum atomic E-state index is 12.7. The van der Waals surface area contributed by atoms with Gasteiger partial charge >= 0.3 is 12.0 Å². The summed E-state index contributed by atoms with van der Waals surface area (Å²) < 4.78 is 0. The van der Waals surface area contributed by atoms with Crippen molar-refractivity contribution in [3.63, 3.8) is 0 Å². The Hall–Kier alpha value is -2.04. The second-order valence-corrected chi connectivity index (χ2v) is 6.83. The molecule has 0 aromatic heterocycles. The predicted octanol–water partition coefficient (Wildman–Crippen LogP) is 3.23. The van der Waals surface area contributed by atoms with E-state index >= 15 is 0 Å². The molecular formula is C18H24N2O3. The molecule has 1 aromatic carbocycles. The number of urea groups is 1. The van der Waals surface area contributed by atoms with Crippen molar-refractivity contribution in [2.24, 2.45) is 0 Å². The molecule has 1 N–H and O–H groups in total. The first-order valence-corrected chi connectivity index (χ1v) is 8.38. The maximum absolute atomic E-state index is 12.7. The van der Waals surface area contributed by atoms with Crippen molar-refractivity contribution in [3.8, 4) is 0 Å². The fourth-order valence-electron chi connectivity index (χ4n) is 3.95. The molecule has 5 heteroatoms. The van der Waals surface area contributed by atoms with Crippen molar-refractivity contribution in [2.75, 3.05) is 18.0 Å². The van der Waals surface area contributed by atoms with Crippen LogP contribution < -0.4 is 4.90 Å². The van der Waals surface area contributed by atoms with Crippen LogP contribution in [0.15, 0.2) is 24.3 Å². The SMILES string of the molecule is CC(C)N1CCN(c2ccccc2C2(C(=O)O)CCCC2)C1=O. The quantitative estimate of drug-likeness (QED) is 0.927. The summed E-state index contributed by atoms with van der Waals surface area (Å²) in [5, 5.41) is 9.88. The van der Waals surface area contributed by atoms with Gasteiger partial charge in [0.05, 0.1) is 5.41 Å². The number of carboxylic acid groups (broad SMARTS) is 1. The van der Waals surface area contributed by atoms with E-state index < -0.39 is 11.4 Å². The van der Waals surface area contributed by atoms with Gasteiger partial charge < -0.3 is 10.0 Å². The first kappa shape index (κ1) is 15.8. The van der Waals surface area contributed by atoms with Crippen molar-refractivity contribution in [3.05, 3.63) is 29.8 Å². The number of benzene rings is 1. The lowest BCUT2D eigenvalue weighted by molar-refractivity contribution is -0.143. The van der Waals surface area contributed by atoms with Crippen LogP contribution in [0.25, 0.3) is 0 Å². The van der Waals surface area contributed by atoms with Gasteiger partial charge in [-0.1, -0.05) is 31.0 Å². The van der Waals surface area contributed by atoms with Crippen LogP contribution in [0, 0.1) is 0 Å². The summed E-state index contributed by atoms with van der Waals surface area (Å²) >= 11 is 0. The van der Waals surface area contributed by atoms with Gasteiger partial charge in [0.25, 0.3) is 0 Å². The van der Waals surface area contributed by atoms with Gasteiger partial charge in [-0.2, -0.15) is 0 Å². The molecule has 1 saturated heterocycles. The van der Waals surface area contributed by atoms with E-state index in [0.29, 0.717) is 25.9 Å². The van der Waals surface area contributed by atoms with E-state index in [2.05, 4.69) is 0 Å². The molecule has 3 rings (SSSR count). The number of hydrogen-bond acceptors (Lipinski definition) is 2. The smallest absolute Gasteiger partial charge is 0.324 e. The van der Waals surface area contributed by atoms with Crippen LogP contribution in [-0.4, -0.2) is 41.1 Å². The average Bonchev–Trinajstić information content (AvgIpc) is 3.14. The van der Waals surface area contributed by atoms with Crippen LogP contribution in [0.3, 0.4) is 0 Å². The molecule has 1 aromatic rings. The van der Waals surface area contributed by atoms with Gasteiger partial charge in [0, 0.05) is 24.8 Å². The van der Waals surface area contributed by atoms with Gasteiger partial charge in [0.2, 0.25) is 0 Å². The van der Waals surface area contributed by atoms with Gasteiger partial charge in [-0.15, -0.1) is 0 Å². The number of amides is 2. The first-order valence-electron chi connectivity index (χ1n) is 8.38. The zero-order valence-corrected chi connectivity index (χ0v) is 13.8. The Morgan fingerprint density at radius 2 is 1.83 bits per heavy atom. The highest BCUT2D eigenvalue weighted by Gasteiger charge is 2.46. The van der Waals surface area contributed by atoms with Crippen molar-refractivity contribution in [1.82, 2.24) is 4.90 Å². The number of aliphatic carboxylic acids is 1. The summed E-state index contributed by atoms with van der Waals surface area (Å²) in [6, 6.07) is 7.67. The number of anilines is 1. The Morgan fingerprint density at radius 1 is 1.17 bits per heavy atom. The molecule has 2 aliphatic rings. The number of carbonyl (C=O) groups is 2. The molecule has 2 fully saturated rings. The molecule has 23 heavy (non-hydrogen) atoms. The van der Waals surface area contributed by atoms with Crippen molar-refractivity contribution in [2.45, 2.75) is 51.0 Å². The van der Waals surface area contributed by atoms with E-state index in [0.717, 1.165) is 24.1 Å². The van der Waals surface area contributed by atoms with E-state index in [-0.39, 0.29) is 12.1 Å². The molecule has 0 spiro atoms. The summed E-state index contributed by atoms with van der Waals surface area (Å²) in [7, 11) is 0. The third-order valence-corrected chi connectivity index (χ3v) is 5.24. The minimum atomic E-state index is -0.845. The Bertz CT molecular complexity index is 620. The molecule has 0 radical (unpaired) electrons. The summed E-state index contributed by atoms with van der Waals surface area (Å²) in [4.78, 5) is 28.3. The number of carboxylic acids is 1. The van der Waals surface area contributed by atoms with Gasteiger partial charge in [-0.05, 0) is 38.3 Å². The van der Waals surface area contributed by atoms with Gasteiger partial charge in [0.15, 0.2) is 0 Å². The molecule has 1 aliphatic heterocycles. The van der Waals surface area contributed by atoms with Crippen molar-refractivity contribution >= 4 is 17.7 Å². The van der Waals surface area contributed by atoms with E-state index in [9.17, 15) is 14.7 Å². The van der Waals surface area contributed by atoms with E-state index in [1.165, 1.54) is 0 Å². The van der Waals surface area contributed by atoms with Crippen LogP contribution in [-0.2, 0) is 10.2 Å². The van der Waals surface area contributed by atoms with Crippen LogP contribution in [0.4, 0.5) is 10.5 Å². The zero-order valence-electron chi connectivity index (χ0n) is 13.8.